The molecule has 0 saturated heterocycles. The van der Waals surface area contributed by atoms with E-state index in [9.17, 15) is 4.39 Å². The summed E-state index contributed by atoms with van der Waals surface area (Å²) in [5.74, 6) is -0.0430. The van der Waals surface area contributed by atoms with Crippen molar-refractivity contribution in [2.24, 2.45) is 5.73 Å². The summed E-state index contributed by atoms with van der Waals surface area (Å²) in [6.07, 6.45) is 0.674. The Balaban J connectivity index is 2.13. The fourth-order valence-corrected chi connectivity index (χ4v) is 2.57. The predicted molar refractivity (Wildman–Crippen MR) is 84.1 cm³/mol. The number of benzene rings is 2. The van der Waals surface area contributed by atoms with Gasteiger partial charge in [-0.1, -0.05) is 23.8 Å². The van der Waals surface area contributed by atoms with Gasteiger partial charge in [0.1, 0.15) is 6.61 Å². The number of halogens is 1. The quantitative estimate of drug-likeness (QED) is 0.907. The maximum absolute atomic E-state index is 14.0. The van der Waals surface area contributed by atoms with Crippen molar-refractivity contribution in [2.45, 2.75) is 33.8 Å². The van der Waals surface area contributed by atoms with Crippen LogP contribution in [0.1, 0.15) is 27.8 Å². The third-order valence-electron chi connectivity index (χ3n) is 3.64. The van der Waals surface area contributed by atoms with Crippen LogP contribution in [0.5, 0.6) is 5.75 Å². The molecule has 0 aromatic heterocycles. The lowest BCUT2D eigenvalue weighted by molar-refractivity contribution is 0.288. The SMILES string of the molecule is Cc1cc(C)c(COc2ccc(CCN)cc2F)c(C)c1. The highest BCUT2D eigenvalue weighted by atomic mass is 19.1. The Bertz CT molecular complexity index is 614. The van der Waals surface area contributed by atoms with E-state index in [-0.39, 0.29) is 11.6 Å². The molecule has 3 heteroatoms. The molecule has 0 bridgehead atoms. The highest BCUT2D eigenvalue weighted by Crippen LogP contribution is 2.22. The molecule has 0 atom stereocenters. The number of rotatable bonds is 5. The third kappa shape index (κ3) is 3.82. The Morgan fingerprint density at radius 2 is 1.71 bits per heavy atom. The van der Waals surface area contributed by atoms with Crippen LogP contribution in [0.4, 0.5) is 4.39 Å². The van der Waals surface area contributed by atoms with Gasteiger partial charge in [0.05, 0.1) is 0 Å². The second kappa shape index (κ2) is 6.72. The van der Waals surface area contributed by atoms with E-state index < -0.39 is 0 Å². The van der Waals surface area contributed by atoms with E-state index in [0.717, 1.165) is 11.1 Å². The second-order valence-electron chi connectivity index (χ2n) is 5.47. The molecule has 0 saturated carbocycles. The van der Waals surface area contributed by atoms with Crippen molar-refractivity contribution in [1.29, 1.82) is 0 Å². The molecule has 112 valence electrons. The van der Waals surface area contributed by atoms with Gasteiger partial charge in [-0.05, 0) is 68.1 Å². The standard InChI is InChI=1S/C18H22FNO/c1-12-8-13(2)16(14(3)9-12)11-21-18-5-4-15(6-7-20)10-17(18)19/h4-5,8-10H,6-7,11,20H2,1-3H3. The largest absolute Gasteiger partial charge is 0.486 e. The normalized spacial score (nSPS) is 10.7. The molecule has 21 heavy (non-hydrogen) atoms. The van der Waals surface area contributed by atoms with Crippen LogP contribution in [-0.2, 0) is 13.0 Å². The van der Waals surface area contributed by atoms with Crippen LogP contribution in [0, 0.1) is 26.6 Å². The molecule has 0 amide bonds. The molecular weight excluding hydrogens is 265 g/mol. The minimum absolute atomic E-state index is 0.287. The molecule has 0 radical (unpaired) electrons. The molecule has 0 heterocycles. The number of ether oxygens (including phenoxy) is 1. The predicted octanol–water partition coefficient (Wildman–Crippen LogP) is 3.83. The molecule has 2 N–H and O–H groups in total. The lowest BCUT2D eigenvalue weighted by atomic mass is 10.0. The number of aryl methyl sites for hydroxylation is 3. The summed E-state index contributed by atoms with van der Waals surface area (Å²) in [5, 5.41) is 0. The topological polar surface area (TPSA) is 35.2 Å². The average Bonchev–Trinajstić information content (AvgIpc) is 2.40. The maximum Gasteiger partial charge on any atom is 0.165 e. The van der Waals surface area contributed by atoms with Gasteiger partial charge in [-0.3, -0.25) is 0 Å². The van der Waals surface area contributed by atoms with Crippen molar-refractivity contribution in [2.75, 3.05) is 6.54 Å². The smallest absolute Gasteiger partial charge is 0.165 e. The van der Waals surface area contributed by atoms with Gasteiger partial charge in [-0.15, -0.1) is 0 Å². The van der Waals surface area contributed by atoms with Crippen molar-refractivity contribution >= 4 is 0 Å². The van der Waals surface area contributed by atoms with E-state index in [1.807, 2.05) is 6.07 Å². The van der Waals surface area contributed by atoms with E-state index in [0.29, 0.717) is 19.6 Å². The van der Waals surface area contributed by atoms with Crippen molar-refractivity contribution < 1.29 is 9.13 Å². The van der Waals surface area contributed by atoms with Crippen molar-refractivity contribution in [1.82, 2.24) is 0 Å². The lowest BCUT2D eigenvalue weighted by Crippen LogP contribution is -2.05. The Kier molecular flexibility index (Phi) is 4.97. The van der Waals surface area contributed by atoms with Crippen LogP contribution in [0.2, 0.25) is 0 Å². The zero-order chi connectivity index (χ0) is 15.4. The van der Waals surface area contributed by atoms with Gasteiger partial charge < -0.3 is 10.5 Å². The molecule has 0 spiro atoms. The summed E-state index contributed by atoms with van der Waals surface area (Å²) in [7, 11) is 0. The Labute approximate surface area is 125 Å². The zero-order valence-electron chi connectivity index (χ0n) is 12.9. The first-order chi connectivity index (χ1) is 10.0. The highest BCUT2D eigenvalue weighted by Gasteiger charge is 2.08. The Morgan fingerprint density at radius 1 is 1.05 bits per heavy atom. The van der Waals surface area contributed by atoms with Crippen LogP contribution in [0.3, 0.4) is 0 Å². The minimum atomic E-state index is -0.330. The molecule has 2 aromatic carbocycles. The van der Waals surface area contributed by atoms with Crippen LogP contribution < -0.4 is 10.5 Å². The third-order valence-corrected chi connectivity index (χ3v) is 3.64. The molecule has 0 fully saturated rings. The van der Waals surface area contributed by atoms with Gasteiger partial charge in [0.2, 0.25) is 0 Å². The first-order valence-electron chi connectivity index (χ1n) is 7.19. The van der Waals surface area contributed by atoms with E-state index in [2.05, 4.69) is 32.9 Å². The first kappa shape index (κ1) is 15.5. The molecule has 2 rings (SSSR count). The number of hydrogen-bond donors (Lipinski definition) is 1. The summed E-state index contributed by atoms with van der Waals surface area (Å²) in [6, 6.07) is 9.27. The van der Waals surface area contributed by atoms with Gasteiger partial charge in [-0.2, -0.15) is 0 Å². The number of nitrogens with two attached hydrogens (primary N) is 1. The van der Waals surface area contributed by atoms with Gasteiger partial charge >= 0.3 is 0 Å². The maximum atomic E-state index is 14.0. The van der Waals surface area contributed by atoms with Gasteiger partial charge in [0.25, 0.3) is 0 Å². The number of hydrogen-bond acceptors (Lipinski definition) is 2. The summed E-state index contributed by atoms with van der Waals surface area (Å²) >= 11 is 0. The molecular formula is C18H22FNO. The van der Waals surface area contributed by atoms with E-state index in [1.165, 1.54) is 22.8 Å². The summed E-state index contributed by atoms with van der Waals surface area (Å²) < 4.78 is 19.6. The Hall–Kier alpha value is -1.87. The van der Waals surface area contributed by atoms with Gasteiger partial charge in [0.15, 0.2) is 11.6 Å². The summed E-state index contributed by atoms with van der Waals surface area (Å²) in [4.78, 5) is 0. The van der Waals surface area contributed by atoms with E-state index in [1.54, 1.807) is 6.07 Å². The zero-order valence-corrected chi connectivity index (χ0v) is 12.9. The minimum Gasteiger partial charge on any atom is -0.486 e. The second-order valence-corrected chi connectivity index (χ2v) is 5.47. The fraction of sp³-hybridized carbons (Fsp3) is 0.333. The van der Waals surface area contributed by atoms with Crippen LogP contribution in [-0.4, -0.2) is 6.54 Å². The summed E-state index contributed by atoms with van der Waals surface area (Å²) in [5.41, 5.74) is 11.1. The monoisotopic (exact) mass is 287 g/mol. The molecule has 2 aromatic rings. The first-order valence-corrected chi connectivity index (χ1v) is 7.19. The summed E-state index contributed by atoms with van der Waals surface area (Å²) in [6.45, 7) is 7.08. The molecule has 0 aliphatic rings. The van der Waals surface area contributed by atoms with Gasteiger partial charge in [0, 0.05) is 0 Å². The molecule has 0 aliphatic heterocycles. The lowest BCUT2D eigenvalue weighted by Gasteiger charge is -2.13. The van der Waals surface area contributed by atoms with Crippen molar-refractivity contribution in [3.05, 3.63) is 64.0 Å². The molecule has 0 unspecified atom stereocenters. The van der Waals surface area contributed by atoms with Crippen LogP contribution in [0.25, 0.3) is 0 Å². The van der Waals surface area contributed by atoms with Crippen LogP contribution >= 0.6 is 0 Å². The molecule has 2 nitrogen and oxygen atoms in total. The van der Waals surface area contributed by atoms with Crippen LogP contribution in [0.15, 0.2) is 30.3 Å². The average molecular weight is 287 g/mol. The van der Waals surface area contributed by atoms with Crippen molar-refractivity contribution in [3.63, 3.8) is 0 Å². The van der Waals surface area contributed by atoms with E-state index in [4.69, 9.17) is 10.5 Å². The fourth-order valence-electron chi connectivity index (χ4n) is 2.57. The highest BCUT2D eigenvalue weighted by molar-refractivity contribution is 5.38. The van der Waals surface area contributed by atoms with Gasteiger partial charge in [-0.25, -0.2) is 4.39 Å². The molecule has 0 aliphatic carbocycles. The Morgan fingerprint density at radius 3 is 2.29 bits per heavy atom. The van der Waals surface area contributed by atoms with E-state index >= 15 is 0 Å². The van der Waals surface area contributed by atoms with Crippen molar-refractivity contribution in [3.8, 4) is 5.75 Å².